The number of fused-ring (bicyclic) bond motifs is 1. The Morgan fingerprint density at radius 2 is 1.91 bits per heavy atom. The molecule has 3 rings (SSSR count). The van der Waals surface area contributed by atoms with Crippen molar-refractivity contribution in [2.45, 2.75) is 20.3 Å². The van der Waals surface area contributed by atoms with Gasteiger partial charge in [0.25, 0.3) is 0 Å². The van der Waals surface area contributed by atoms with Gasteiger partial charge in [0.05, 0.1) is 5.56 Å². The van der Waals surface area contributed by atoms with E-state index >= 15 is 0 Å². The van der Waals surface area contributed by atoms with Crippen LogP contribution in [0, 0.1) is 13.8 Å². The van der Waals surface area contributed by atoms with Gasteiger partial charge in [0.1, 0.15) is 0 Å². The number of ketones is 1. The molecule has 2 aromatic rings. The van der Waals surface area contributed by atoms with Gasteiger partial charge in [-0.3, -0.25) is 4.79 Å². The van der Waals surface area contributed by atoms with E-state index in [-0.39, 0.29) is 11.3 Å². The SMILES string of the molecule is Cc1cc(C)c2c(c1)C/C(=C\c1ccccc1C(=O)O)C2=O. The van der Waals surface area contributed by atoms with E-state index in [1.54, 1.807) is 30.3 Å². The Morgan fingerprint density at radius 1 is 1.18 bits per heavy atom. The highest BCUT2D eigenvalue weighted by atomic mass is 16.4. The van der Waals surface area contributed by atoms with Crippen molar-refractivity contribution in [3.05, 3.63) is 75.4 Å². The van der Waals surface area contributed by atoms with Crippen LogP contribution in [0.5, 0.6) is 0 Å². The molecule has 0 heterocycles. The molecule has 0 atom stereocenters. The molecule has 1 aliphatic carbocycles. The van der Waals surface area contributed by atoms with Crippen molar-refractivity contribution >= 4 is 17.8 Å². The molecule has 22 heavy (non-hydrogen) atoms. The first kappa shape index (κ1) is 14.3. The lowest BCUT2D eigenvalue weighted by atomic mass is 10.0. The largest absolute Gasteiger partial charge is 0.478 e. The molecule has 2 aromatic carbocycles. The van der Waals surface area contributed by atoms with Gasteiger partial charge in [-0.2, -0.15) is 0 Å². The number of carbonyl (C=O) groups excluding carboxylic acids is 1. The maximum Gasteiger partial charge on any atom is 0.336 e. The first-order valence-electron chi connectivity index (χ1n) is 7.15. The second-order valence-electron chi connectivity index (χ2n) is 5.68. The first-order valence-corrected chi connectivity index (χ1v) is 7.15. The number of aromatic carboxylic acids is 1. The fourth-order valence-electron chi connectivity index (χ4n) is 3.09. The molecule has 1 aliphatic rings. The van der Waals surface area contributed by atoms with Crippen LogP contribution in [0.4, 0.5) is 0 Å². The monoisotopic (exact) mass is 292 g/mol. The van der Waals surface area contributed by atoms with Crippen LogP contribution < -0.4 is 0 Å². The fraction of sp³-hybridized carbons (Fsp3) is 0.158. The van der Waals surface area contributed by atoms with Crippen LogP contribution in [0.15, 0.2) is 42.0 Å². The number of carboxylic acids is 1. The number of hydrogen-bond acceptors (Lipinski definition) is 2. The van der Waals surface area contributed by atoms with E-state index in [2.05, 4.69) is 0 Å². The average molecular weight is 292 g/mol. The van der Waals surface area contributed by atoms with Crippen molar-refractivity contribution in [3.63, 3.8) is 0 Å². The summed E-state index contributed by atoms with van der Waals surface area (Å²) in [5, 5.41) is 9.25. The average Bonchev–Trinajstić information content (AvgIpc) is 2.75. The normalized spacial score (nSPS) is 15.2. The standard InChI is InChI=1S/C19H16O3/c1-11-7-12(2)17-14(8-11)10-15(18(17)20)9-13-5-3-4-6-16(13)19(21)22/h3-9H,10H2,1-2H3,(H,21,22)/b15-9+. The van der Waals surface area contributed by atoms with Crippen LogP contribution >= 0.6 is 0 Å². The number of allylic oxidation sites excluding steroid dienone is 1. The summed E-state index contributed by atoms with van der Waals surface area (Å²) in [5.41, 5.74) is 5.35. The molecule has 3 nitrogen and oxygen atoms in total. The van der Waals surface area contributed by atoms with Crippen LogP contribution in [0.3, 0.4) is 0 Å². The minimum atomic E-state index is -0.984. The summed E-state index contributed by atoms with van der Waals surface area (Å²) in [6.07, 6.45) is 2.27. The highest BCUT2D eigenvalue weighted by Crippen LogP contribution is 2.31. The number of carbonyl (C=O) groups is 2. The number of carboxylic acid groups (broad SMARTS) is 1. The molecule has 110 valence electrons. The van der Waals surface area contributed by atoms with E-state index in [9.17, 15) is 14.7 Å². The number of rotatable bonds is 2. The third kappa shape index (κ3) is 2.35. The van der Waals surface area contributed by atoms with E-state index in [4.69, 9.17) is 0 Å². The maximum absolute atomic E-state index is 12.6. The van der Waals surface area contributed by atoms with Crippen LogP contribution in [-0.4, -0.2) is 16.9 Å². The highest BCUT2D eigenvalue weighted by Gasteiger charge is 2.27. The molecule has 0 saturated carbocycles. The summed E-state index contributed by atoms with van der Waals surface area (Å²) in [6, 6.07) is 10.8. The van der Waals surface area contributed by atoms with Gasteiger partial charge in [-0.25, -0.2) is 4.79 Å². The lowest BCUT2D eigenvalue weighted by Gasteiger charge is -2.03. The van der Waals surface area contributed by atoms with E-state index in [0.29, 0.717) is 17.6 Å². The third-order valence-electron chi connectivity index (χ3n) is 3.98. The predicted octanol–water partition coefficient (Wildman–Crippen LogP) is 3.82. The zero-order valence-corrected chi connectivity index (χ0v) is 12.5. The van der Waals surface area contributed by atoms with Crippen molar-refractivity contribution < 1.29 is 14.7 Å². The highest BCUT2D eigenvalue weighted by molar-refractivity contribution is 6.16. The molecule has 0 fully saturated rings. The van der Waals surface area contributed by atoms with Crippen molar-refractivity contribution in [2.24, 2.45) is 0 Å². The zero-order valence-electron chi connectivity index (χ0n) is 12.5. The minimum Gasteiger partial charge on any atom is -0.478 e. The quantitative estimate of drug-likeness (QED) is 0.856. The van der Waals surface area contributed by atoms with Crippen molar-refractivity contribution in [3.8, 4) is 0 Å². The van der Waals surface area contributed by atoms with E-state index in [1.165, 1.54) is 0 Å². The van der Waals surface area contributed by atoms with Crippen LogP contribution in [-0.2, 0) is 6.42 Å². The van der Waals surface area contributed by atoms with Gasteiger partial charge in [0.2, 0.25) is 0 Å². The van der Waals surface area contributed by atoms with Gasteiger partial charge in [0, 0.05) is 17.6 Å². The second-order valence-corrected chi connectivity index (χ2v) is 5.68. The number of hydrogen-bond donors (Lipinski definition) is 1. The van der Waals surface area contributed by atoms with Gasteiger partial charge in [-0.05, 0) is 42.7 Å². The Hall–Kier alpha value is -2.68. The summed E-state index contributed by atoms with van der Waals surface area (Å²) in [7, 11) is 0. The van der Waals surface area contributed by atoms with E-state index in [1.807, 2.05) is 26.0 Å². The summed E-state index contributed by atoms with van der Waals surface area (Å²) in [4.78, 5) is 23.9. The Balaban J connectivity index is 2.08. The Morgan fingerprint density at radius 3 is 2.64 bits per heavy atom. The summed E-state index contributed by atoms with van der Waals surface area (Å²) < 4.78 is 0. The smallest absolute Gasteiger partial charge is 0.336 e. The van der Waals surface area contributed by atoms with Gasteiger partial charge in [0.15, 0.2) is 5.78 Å². The second kappa shape index (κ2) is 5.26. The number of Topliss-reactive ketones (excluding diaryl/α,β-unsaturated/α-hetero) is 1. The molecule has 0 saturated heterocycles. The van der Waals surface area contributed by atoms with Gasteiger partial charge in [-0.15, -0.1) is 0 Å². The fourth-order valence-corrected chi connectivity index (χ4v) is 3.09. The molecule has 0 aliphatic heterocycles. The summed E-state index contributed by atoms with van der Waals surface area (Å²) >= 11 is 0. The number of aryl methyl sites for hydroxylation is 2. The topological polar surface area (TPSA) is 54.4 Å². The van der Waals surface area contributed by atoms with Gasteiger partial charge < -0.3 is 5.11 Å². The number of benzene rings is 2. The van der Waals surface area contributed by atoms with Crippen LogP contribution in [0.25, 0.3) is 6.08 Å². The molecular formula is C19H16O3. The summed E-state index contributed by atoms with van der Waals surface area (Å²) in [6.45, 7) is 3.96. The maximum atomic E-state index is 12.6. The Labute approximate surface area is 128 Å². The lowest BCUT2D eigenvalue weighted by Crippen LogP contribution is -2.01. The molecule has 3 heteroatoms. The lowest BCUT2D eigenvalue weighted by molar-refractivity contribution is 0.0696. The third-order valence-corrected chi connectivity index (χ3v) is 3.98. The van der Waals surface area contributed by atoms with Crippen molar-refractivity contribution in [2.75, 3.05) is 0 Å². The van der Waals surface area contributed by atoms with Crippen LogP contribution in [0.1, 0.15) is 43.0 Å². The first-order chi connectivity index (χ1) is 10.5. The Bertz CT molecular complexity index is 829. The Kier molecular flexibility index (Phi) is 3.41. The van der Waals surface area contributed by atoms with E-state index < -0.39 is 5.97 Å². The van der Waals surface area contributed by atoms with Crippen LogP contribution in [0.2, 0.25) is 0 Å². The molecular weight excluding hydrogens is 276 g/mol. The van der Waals surface area contributed by atoms with Crippen molar-refractivity contribution in [1.82, 2.24) is 0 Å². The molecule has 1 N–H and O–H groups in total. The van der Waals surface area contributed by atoms with Gasteiger partial charge in [-0.1, -0.05) is 35.9 Å². The molecule has 0 spiro atoms. The molecule has 0 aromatic heterocycles. The van der Waals surface area contributed by atoms with Gasteiger partial charge >= 0.3 is 5.97 Å². The zero-order chi connectivity index (χ0) is 15.9. The van der Waals surface area contributed by atoms with Crippen molar-refractivity contribution in [1.29, 1.82) is 0 Å². The van der Waals surface area contributed by atoms with E-state index in [0.717, 1.165) is 22.3 Å². The molecule has 0 unspecified atom stereocenters. The predicted molar refractivity (Wildman–Crippen MR) is 85.3 cm³/mol. The molecule has 0 radical (unpaired) electrons. The molecule has 0 bridgehead atoms. The minimum absolute atomic E-state index is 0.00712. The summed E-state index contributed by atoms with van der Waals surface area (Å²) in [5.74, 6) is -0.977. The molecule has 0 amide bonds.